The topological polar surface area (TPSA) is 66.4 Å². The Hall–Kier alpha value is -0.880. The Morgan fingerprint density at radius 1 is 1.47 bits per heavy atom. The van der Waals surface area contributed by atoms with Crippen molar-refractivity contribution >= 4 is 39.1 Å². The van der Waals surface area contributed by atoms with E-state index in [1.54, 1.807) is 18.3 Å². The zero-order chi connectivity index (χ0) is 14.3. The van der Waals surface area contributed by atoms with Gasteiger partial charge in [0.05, 0.1) is 9.70 Å². The molecule has 1 rings (SSSR count). The third kappa shape index (κ3) is 6.73. The van der Waals surface area contributed by atoms with Crippen LogP contribution in [0.15, 0.2) is 15.9 Å². The number of hydrogen-bond acceptors (Lipinski definition) is 3. The Bertz CT molecular complexity index is 433. The van der Waals surface area contributed by atoms with E-state index in [-0.39, 0.29) is 5.91 Å². The lowest BCUT2D eigenvalue weighted by Crippen LogP contribution is -2.26. The molecule has 0 aliphatic carbocycles. The van der Waals surface area contributed by atoms with E-state index in [2.05, 4.69) is 27.3 Å². The molecule has 106 valence electrons. The summed E-state index contributed by atoms with van der Waals surface area (Å²) in [5.41, 5.74) is 0. The molecule has 1 aromatic rings. The van der Waals surface area contributed by atoms with Gasteiger partial charge in [0.2, 0.25) is 5.91 Å². The highest BCUT2D eigenvalue weighted by atomic mass is 79.9. The lowest BCUT2D eigenvalue weighted by atomic mass is 10.1. The highest BCUT2D eigenvalue weighted by molar-refractivity contribution is 9.11. The van der Waals surface area contributed by atoms with Crippen molar-refractivity contribution in [2.45, 2.75) is 32.6 Å². The van der Waals surface area contributed by atoms with E-state index in [1.807, 2.05) is 6.07 Å². The van der Waals surface area contributed by atoms with Gasteiger partial charge in [0.25, 0.3) is 0 Å². The summed E-state index contributed by atoms with van der Waals surface area (Å²) < 4.78 is 1.11. The molecule has 0 aliphatic rings. The number of rotatable bonds is 8. The van der Waals surface area contributed by atoms with Crippen LogP contribution in [0.4, 0.5) is 0 Å². The molecule has 1 amide bonds. The van der Waals surface area contributed by atoms with Gasteiger partial charge in [-0.3, -0.25) is 9.59 Å². The number of carboxylic acids is 1. The molecule has 0 aromatic carbocycles. The standard InChI is InChI=1S/C13H18BrNO3S/c1-9(13(17)18)7-8-15-12(16)4-2-3-10-5-6-11(14)19-10/h5-6,9H,2-4,7-8H2,1H3,(H,15,16)(H,17,18). The number of aliphatic carboxylic acids is 1. The van der Waals surface area contributed by atoms with Gasteiger partial charge >= 0.3 is 5.97 Å². The minimum Gasteiger partial charge on any atom is -0.481 e. The van der Waals surface area contributed by atoms with E-state index in [0.29, 0.717) is 19.4 Å². The molecule has 0 fully saturated rings. The summed E-state index contributed by atoms with van der Waals surface area (Å²) in [6, 6.07) is 4.06. The smallest absolute Gasteiger partial charge is 0.306 e. The SMILES string of the molecule is CC(CCNC(=O)CCCc1ccc(Br)s1)C(=O)O. The molecule has 19 heavy (non-hydrogen) atoms. The van der Waals surface area contributed by atoms with E-state index >= 15 is 0 Å². The average Bonchev–Trinajstić information content (AvgIpc) is 2.74. The third-order valence-electron chi connectivity index (χ3n) is 2.78. The molecule has 0 bridgehead atoms. The molecular formula is C13H18BrNO3S. The second-order valence-electron chi connectivity index (χ2n) is 4.44. The van der Waals surface area contributed by atoms with Gasteiger partial charge in [-0.1, -0.05) is 6.92 Å². The van der Waals surface area contributed by atoms with Crippen LogP contribution >= 0.6 is 27.3 Å². The fourth-order valence-electron chi connectivity index (χ4n) is 1.55. The molecule has 0 saturated carbocycles. The summed E-state index contributed by atoms with van der Waals surface area (Å²) in [6.07, 6.45) is 2.67. The molecule has 0 aliphatic heterocycles. The fraction of sp³-hybridized carbons (Fsp3) is 0.538. The average molecular weight is 348 g/mol. The second kappa shape index (κ2) is 8.32. The molecule has 0 saturated heterocycles. The van der Waals surface area contributed by atoms with Crippen LogP contribution in [0.1, 0.15) is 31.1 Å². The molecule has 4 nitrogen and oxygen atoms in total. The minimum absolute atomic E-state index is 0.00629. The monoisotopic (exact) mass is 347 g/mol. The molecule has 2 N–H and O–H groups in total. The lowest BCUT2D eigenvalue weighted by Gasteiger charge is -2.07. The van der Waals surface area contributed by atoms with Gasteiger partial charge in [-0.05, 0) is 47.3 Å². The first-order valence-corrected chi connectivity index (χ1v) is 7.83. The van der Waals surface area contributed by atoms with Gasteiger partial charge in [0, 0.05) is 17.8 Å². The molecule has 0 radical (unpaired) electrons. The van der Waals surface area contributed by atoms with Crippen LogP contribution < -0.4 is 5.32 Å². The van der Waals surface area contributed by atoms with Crippen molar-refractivity contribution in [1.29, 1.82) is 0 Å². The van der Waals surface area contributed by atoms with E-state index in [1.165, 1.54) is 4.88 Å². The number of carbonyl (C=O) groups excluding carboxylic acids is 1. The predicted octanol–water partition coefficient (Wildman–Crippen LogP) is 3.06. The molecule has 1 aromatic heterocycles. The summed E-state index contributed by atoms with van der Waals surface area (Å²) in [4.78, 5) is 23.4. The molecule has 1 unspecified atom stereocenters. The number of halogens is 1. The van der Waals surface area contributed by atoms with Crippen LogP contribution in [0.25, 0.3) is 0 Å². The third-order valence-corrected chi connectivity index (χ3v) is 4.46. The van der Waals surface area contributed by atoms with Gasteiger partial charge in [0.1, 0.15) is 0 Å². The molecule has 1 heterocycles. The molecule has 0 spiro atoms. The van der Waals surface area contributed by atoms with Crippen molar-refractivity contribution in [3.05, 3.63) is 20.8 Å². The maximum Gasteiger partial charge on any atom is 0.306 e. The number of nitrogens with one attached hydrogen (secondary N) is 1. The van der Waals surface area contributed by atoms with Crippen molar-refractivity contribution in [1.82, 2.24) is 5.32 Å². The number of amides is 1. The van der Waals surface area contributed by atoms with Crippen LogP contribution in [0.2, 0.25) is 0 Å². The van der Waals surface area contributed by atoms with Gasteiger partial charge in [-0.2, -0.15) is 0 Å². The van der Waals surface area contributed by atoms with Gasteiger partial charge in [-0.25, -0.2) is 0 Å². The van der Waals surface area contributed by atoms with Gasteiger partial charge in [-0.15, -0.1) is 11.3 Å². The summed E-state index contributed by atoms with van der Waals surface area (Å²) in [5, 5.41) is 11.5. The normalized spacial score (nSPS) is 12.1. The summed E-state index contributed by atoms with van der Waals surface area (Å²) in [6.45, 7) is 2.07. The van der Waals surface area contributed by atoms with Crippen LogP contribution in [0.3, 0.4) is 0 Å². The summed E-state index contributed by atoms with van der Waals surface area (Å²) in [7, 11) is 0. The number of carbonyl (C=O) groups is 2. The van der Waals surface area contributed by atoms with E-state index in [0.717, 1.165) is 16.6 Å². The Kier molecular flexibility index (Phi) is 7.09. The van der Waals surface area contributed by atoms with Crippen molar-refractivity contribution in [3.8, 4) is 0 Å². The van der Waals surface area contributed by atoms with E-state index in [4.69, 9.17) is 5.11 Å². The van der Waals surface area contributed by atoms with Crippen molar-refractivity contribution < 1.29 is 14.7 Å². The fourth-order valence-corrected chi connectivity index (χ4v) is 3.07. The predicted molar refractivity (Wildman–Crippen MR) is 79.4 cm³/mol. The Morgan fingerprint density at radius 3 is 2.79 bits per heavy atom. The first kappa shape index (κ1) is 16.2. The Morgan fingerprint density at radius 2 is 2.21 bits per heavy atom. The zero-order valence-corrected chi connectivity index (χ0v) is 13.2. The number of thiophene rings is 1. The molecular weight excluding hydrogens is 330 g/mol. The summed E-state index contributed by atoms with van der Waals surface area (Å²) in [5.74, 6) is -1.24. The number of aryl methyl sites for hydroxylation is 1. The maximum atomic E-state index is 11.5. The van der Waals surface area contributed by atoms with Gasteiger partial charge in [0.15, 0.2) is 0 Å². The molecule has 6 heteroatoms. The zero-order valence-electron chi connectivity index (χ0n) is 10.8. The van der Waals surface area contributed by atoms with E-state index < -0.39 is 11.9 Å². The van der Waals surface area contributed by atoms with Crippen LogP contribution in [0, 0.1) is 5.92 Å². The summed E-state index contributed by atoms with van der Waals surface area (Å²) >= 11 is 5.09. The lowest BCUT2D eigenvalue weighted by molar-refractivity contribution is -0.141. The Balaban J connectivity index is 2.10. The van der Waals surface area contributed by atoms with Crippen LogP contribution in [0.5, 0.6) is 0 Å². The minimum atomic E-state index is -0.822. The largest absolute Gasteiger partial charge is 0.481 e. The van der Waals surface area contributed by atoms with Gasteiger partial charge < -0.3 is 10.4 Å². The Labute approximate surface area is 125 Å². The number of carboxylic acid groups (broad SMARTS) is 1. The van der Waals surface area contributed by atoms with Crippen molar-refractivity contribution in [3.63, 3.8) is 0 Å². The first-order chi connectivity index (χ1) is 8.99. The van der Waals surface area contributed by atoms with E-state index in [9.17, 15) is 9.59 Å². The second-order valence-corrected chi connectivity index (χ2v) is 6.98. The highest BCUT2D eigenvalue weighted by Crippen LogP contribution is 2.23. The number of hydrogen-bond donors (Lipinski definition) is 2. The first-order valence-electron chi connectivity index (χ1n) is 6.22. The van der Waals surface area contributed by atoms with Crippen molar-refractivity contribution in [2.24, 2.45) is 5.92 Å². The quantitative estimate of drug-likeness (QED) is 0.759. The maximum absolute atomic E-state index is 11.5. The van der Waals surface area contributed by atoms with Crippen LogP contribution in [-0.4, -0.2) is 23.5 Å². The highest BCUT2D eigenvalue weighted by Gasteiger charge is 2.10. The van der Waals surface area contributed by atoms with Crippen LogP contribution in [-0.2, 0) is 16.0 Å². The van der Waals surface area contributed by atoms with Crippen molar-refractivity contribution in [2.75, 3.05) is 6.54 Å². The molecule has 1 atom stereocenters.